The normalized spacial score (nSPS) is 15.4. The number of hydrogen-bond donors (Lipinski definition) is 1. The molecule has 0 spiro atoms. The van der Waals surface area contributed by atoms with Gasteiger partial charge in [-0.15, -0.1) is 0 Å². The summed E-state index contributed by atoms with van der Waals surface area (Å²) in [7, 11) is 0. The lowest BCUT2D eigenvalue weighted by molar-refractivity contribution is 0.292. The number of nitrogens with one attached hydrogen (secondary N) is 1. The van der Waals surface area contributed by atoms with Crippen LogP contribution in [-0.2, 0) is 6.54 Å². The lowest BCUT2D eigenvalue weighted by Gasteiger charge is -2.25. The van der Waals surface area contributed by atoms with Crippen LogP contribution in [0.25, 0.3) is 0 Å². The van der Waals surface area contributed by atoms with E-state index in [1.165, 1.54) is 31.2 Å². The van der Waals surface area contributed by atoms with Gasteiger partial charge in [0.25, 0.3) is 0 Å². The van der Waals surface area contributed by atoms with Crippen LogP contribution in [0.15, 0.2) is 24.3 Å². The van der Waals surface area contributed by atoms with Gasteiger partial charge in [0.15, 0.2) is 0 Å². The highest BCUT2D eigenvalue weighted by atomic mass is 16.5. The molecule has 1 N–H and O–H groups in total. The highest BCUT2D eigenvalue weighted by molar-refractivity contribution is 5.28. The van der Waals surface area contributed by atoms with Gasteiger partial charge in [0, 0.05) is 6.54 Å². The van der Waals surface area contributed by atoms with E-state index in [1.807, 2.05) is 6.07 Å². The molecule has 1 fully saturated rings. The Morgan fingerprint density at radius 1 is 1.33 bits per heavy atom. The SMILES string of the molecule is CCCOc1cccc(CNCCC2CCC2)c1. The van der Waals surface area contributed by atoms with Gasteiger partial charge in [-0.05, 0) is 43.0 Å². The summed E-state index contributed by atoms with van der Waals surface area (Å²) in [5.41, 5.74) is 1.32. The molecular weight excluding hydrogens is 222 g/mol. The highest BCUT2D eigenvalue weighted by Crippen LogP contribution is 2.28. The van der Waals surface area contributed by atoms with Crippen molar-refractivity contribution in [3.8, 4) is 5.75 Å². The number of ether oxygens (including phenoxy) is 1. The zero-order chi connectivity index (χ0) is 12.6. The summed E-state index contributed by atoms with van der Waals surface area (Å²) in [5, 5.41) is 3.53. The topological polar surface area (TPSA) is 21.3 Å². The molecule has 0 radical (unpaired) electrons. The molecule has 1 aliphatic carbocycles. The van der Waals surface area contributed by atoms with E-state index in [2.05, 4.69) is 30.4 Å². The van der Waals surface area contributed by atoms with Gasteiger partial charge in [0.05, 0.1) is 6.61 Å². The maximum atomic E-state index is 5.64. The Morgan fingerprint density at radius 2 is 2.22 bits per heavy atom. The van der Waals surface area contributed by atoms with E-state index in [-0.39, 0.29) is 0 Å². The molecule has 2 nitrogen and oxygen atoms in total. The molecule has 18 heavy (non-hydrogen) atoms. The van der Waals surface area contributed by atoms with Crippen LogP contribution in [0.1, 0.15) is 44.6 Å². The molecule has 0 bridgehead atoms. The second kappa shape index (κ2) is 7.42. The van der Waals surface area contributed by atoms with Crippen LogP contribution in [0, 0.1) is 5.92 Å². The molecular formula is C16H25NO. The van der Waals surface area contributed by atoms with Gasteiger partial charge in [-0.3, -0.25) is 0 Å². The van der Waals surface area contributed by atoms with E-state index in [4.69, 9.17) is 4.74 Å². The van der Waals surface area contributed by atoms with Crippen LogP contribution in [0.2, 0.25) is 0 Å². The average molecular weight is 247 g/mol. The molecule has 0 aliphatic heterocycles. The van der Waals surface area contributed by atoms with E-state index in [0.717, 1.165) is 37.8 Å². The third-order valence-electron chi connectivity index (χ3n) is 3.65. The summed E-state index contributed by atoms with van der Waals surface area (Å²) in [6.07, 6.45) is 6.74. The molecule has 0 atom stereocenters. The summed E-state index contributed by atoms with van der Waals surface area (Å²) >= 11 is 0. The van der Waals surface area contributed by atoms with E-state index in [9.17, 15) is 0 Å². The summed E-state index contributed by atoms with van der Waals surface area (Å²) in [6.45, 7) is 5.03. The van der Waals surface area contributed by atoms with Crippen molar-refractivity contribution in [2.24, 2.45) is 5.92 Å². The highest BCUT2D eigenvalue weighted by Gasteiger charge is 2.15. The van der Waals surface area contributed by atoms with E-state index in [1.54, 1.807) is 0 Å². The molecule has 0 saturated heterocycles. The molecule has 0 heterocycles. The molecule has 1 aromatic carbocycles. The second-order valence-corrected chi connectivity index (χ2v) is 5.26. The van der Waals surface area contributed by atoms with Crippen molar-refractivity contribution in [2.75, 3.05) is 13.2 Å². The van der Waals surface area contributed by atoms with E-state index in [0.29, 0.717) is 0 Å². The first-order valence-corrected chi connectivity index (χ1v) is 7.31. The predicted octanol–water partition coefficient (Wildman–Crippen LogP) is 3.76. The van der Waals surface area contributed by atoms with Crippen LogP contribution >= 0.6 is 0 Å². The minimum absolute atomic E-state index is 0.804. The summed E-state index contributed by atoms with van der Waals surface area (Å²) in [6, 6.07) is 8.42. The van der Waals surface area contributed by atoms with Crippen LogP contribution in [0.3, 0.4) is 0 Å². The third-order valence-corrected chi connectivity index (χ3v) is 3.65. The fraction of sp³-hybridized carbons (Fsp3) is 0.625. The van der Waals surface area contributed by atoms with Gasteiger partial charge in [0.2, 0.25) is 0 Å². The molecule has 2 heteroatoms. The van der Waals surface area contributed by atoms with Crippen molar-refractivity contribution >= 4 is 0 Å². The molecule has 1 saturated carbocycles. The molecule has 1 aromatic rings. The van der Waals surface area contributed by atoms with Crippen LogP contribution in [0.4, 0.5) is 0 Å². The van der Waals surface area contributed by atoms with Gasteiger partial charge in [-0.1, -0.05) is 38.3 Å². The van der Waals surface area contributed by atoms with Crippen molar-refractivity contribution in [2.45, 2.75) is 45.6 Å². The number of benzene rings is 1. The minimum Gasteiger partial charge on any atom is -0.494 e. The first kappa shape index (κ1) is 13.4. The zero-order valence-corrected chi connectivity index (χ0v) is 11.5. The molecule has 0 amide bonds. The fourth-order valence-corrected chi connectivity index (χ4v) is 2.29. The number of hydrogen-bond acceptors (Lipinski definition) is 2. The Balaban J connectivity index is 1.67. The monoisotopic (exact) mass is 247 g/mol. The molecule has 1 aliphatic rings. The van der Waals surface area contributed by atoms with Gasteiger partial charge in [0.1, 0.15) is 5.75 Å². The Labute approximate surface area is 111 Å². The van der Waals surface area contributed by atoms with Crippen LogP contribution in [-0.4, -0.2) is 13.2 Å². The van der Waals surface area contributed by atoms with Gasteiger partial charge in [-0.2, -0.15) is 0 Å². The van der Waals surface area contributed by atoms with Crippen molar-refractivity contribution in [3.63, 3.8) is 0 Å². The van der Waals surface area contributed by atoms with Crippen LogP contribution in [0.5, 0.6) is 5.75 Å². The van der Waals surface area contributed by atoms with E-state index >= 15 is 0 Å². The van der Waals surface area contributed by atoms with Gasteiger partial charge < -0.3 is 10.1 Å². The Hall–Kier alpha value is -1.02. The first-order chi connectivity index (χ1) is 8.88. The summed E-state index contributed by atoms with van der Waals surface area (Å²) in [5.74, 6) is 1.99. The molecule has 100 valence electrons. The fourth-order valence-electron chi connectivity index (χ4n) is 2.29. The zero-order valence-electron chi connectivity index (χ0n) is 11.5. The maximum absolute atomic E-state index is 5.64. The maximum Gasteiger partial charge on any atom is 0.119 e. The average Bonchev–Trinajstić information content (AvgIpc) is 2.34. The third kappa shape index (κ3) is 4.34. The van der Waals surface area contributed by atoms with E-state index < -0.39 is 0 Å². The summed E-state index contributed by atoms with van der Waals surface area (Å²) in [4.78, 5) is 0. The molecule has 2 rings (SSSR count). The Morgan fingerprint density at radius 3 is 2.94 bits per heavy atom. The van der Waals surface area contributed by atoms with Crippen molar-refractivity contribution in [1.82, 2.24) is 5.32 Å². The largest absolute Gasteiger partial charge is 0.494 e. The lowest BCUT2D eigenvalue weighted by Crippen LogP contribution is -2.21. The Bertz CT molecular complexity index is 347. The summed E-state index contributed by atoms with van der Waals surface area (Å²) < 4.78 is 5.64. The van der Waals surface area contributed by atoms with Crippen molar-refractivity contribution < 1.29 is 4.74 Å². The molecule has 0 aromatic heterocycles. The quantitative estimate of drug-likeness (QED) is 0.706. The first-order valence-electron chi connectivity index (χ1n) is 7.31. The van der Waals surface area contributed by atoms with Gasteiger partial charge in [-0.25, -0.2) is 0 Å². The standard InChI is InChI=1S/C16H25NO/c1-2-11-18-16-8-4-7-15(12-16)13-17-10-9-14-5-3-6-14/h4,7-8,12,14,17H,2-3,5-6,9-11,13H2,1H3. The smallest absolute Gasteiger partial charge is 0.119 e. The second-order valence-electron chi connectivity index (χ2n) is 5.26. The lowest BCUT2D eigenvalue weighted by atomic mass is 9.83. The molecule has 0 unspecified atom stereocenters. The van der Waals surface area contributed by atoms with Gasteiger partial charge >= 0.3 is 0 Å². The van der Waals surface area contributed by atoms with Crippen molar-refractivity contribution in [3.05, 3.63) is 29.8 Å². The predicted molar refractivity (Wildman–Crippen MR) is 75.9 cm³/mol. The Kier molecular flexibility index (Phi) is 5.53. The minimum atomic E-state index is 0.804. The number of rotatable bonds is 8. The van der Waals surface area contributed by atoms with Crippen molar-refractivity contribution in [1.29, 1.82) is 0 Å². The van der Waals surface area contributed by atoms with Crippen LogP contribution < -0.4 is 10.1 Å².